The predicted octanol–water partition coefficient (Wildman–Crippen LogP) is 4.20. The number of anilines is 3. The molecule has 0 fully saturated rings. The number of ether oxygens (including phenoxy) is 2. The average Bonchev–Trinajstić information content (AvgIpc) is 2.51. The summed E-state index contributed by atoms with van der Waals surface area (Å²) in [6.07, 6.45) is 1.00. The van der Waals surface area contributed by atoms with Crippen LogP contribution in [0.1, 0.15) is 20.3 Å². The molecule has 0 aliphatic carbocycles. The Hall–Kier alpha value is -2.36. The Bertz CT molecular complexity index is 568. The van der Waals surface area contributed by atoms with E-state index in [2.05, 4.69) is 12.2 Å². The molecular formula is C17H22N2O2. The molecule has 112 valence electrons. The van der Waals surface area contributed by atoms with Crippen molar-refractivity contribution in [3.05, 3.63) is 42.5 Å². The average molecular weight is 286 g/mol. The molecule has 0 heterocycles. The molecule has 2 rings (SSSR count). The third-order valence-corrected chi connectivity index (χ3v) is 2.97. The van der Waals surface area contributed by atoms with Crippen LogP contribution >= 0.6 is 0 Å². The molecule has 0 amide bonds. The van der Waals surface area contributed by atoms with Gasteiger partial charge in [-0.05, 0) is 49.7 Å². The van der Waals surface area contributed by atoms with Gasteiger partial charge in [-0.15, -0.1) is 0 Å². The molecule has 3 N–H and O–H groups in total. The zero-order valence-electron chi connectivity index (χ0n) is 12.6. The molecular weight excluding hydrogens is 264 g/mol. The van der Waals surface area contributed by atoms with E-state index in [-0.39, 0.29) is 0 Å². The molecule has 4 heteroatoms. The Morgan fingerprint density at radius 1 is 1.00 bits per heavy atom. The molecule has 0 saturated carbocycles. The molecule has 0 unspecified atom stereocenters. The van der Waals surface area contributed by atoms with Gasteiger partial charge in [-0.1, -0.05) is 13.0 Å². The van der Waals surface area contributed by atoms with Crippen molar-refractivity contribution < 1.29 is 9.47 Å². The van der Waals surface area contributed by atoms with Crippen LogP contribution in [0.4, 0.5) is 17.1 Å². The van der Waals surface area contributed by atoms with E-state index in [0.717, 1.165) is 30.2 Å². The Balaban J connectivity index is 2.09. The van der Waals surface area contributed by atoms with E-state index in [1.165, 1.54) is 0 Å². The van der Waals surface area contributed by atoms with Crippen LogP contribution in [-0.2, 0) is 0 Å². The fourth-order valence-corrected chi connectivity index (χ4v) is 1.94. The van der Waals surface area contributed by atoms with Crippen molar-refractivity contribution >= 4 is 17.1 Å². The first-order valence-electron chi connectivity index (χ1n) is 7.25. The molecule has 2 aromatic carbocycles. The molecule has 0 spiro atoms. The van der Waals surface area contributed by atoms with E-state index in [0.29, 0.717) is 18.0 Å². The van der Waals surface area contributed by atoms with Crippen molar-refractivity contribution in [1.29, 1.82) is 0 Å². The van der Waals surface area contributed by atoms with Crippen LogP contribution in [0.15, 0.2) is 42.5 Å². The van der Waals surface area contributed by atoms with Crippen LogP contribution in [0, 0.1) is 0 Å². The van der Waals surface area contributed by atoms with Crippen molar-refractivity contribution in [2.75, 3.05) is 24.3 Å². The standard InChI is InChI=1S/C17H22N2O2/c1-3-12-21-14-10-8-13(9-11-14)19-15-6-5-7-16(17(15)18)20-4-2/h5-11,19H,3-4,12,18H2,1-2H3. The predicted molar refractivity (Wildman–Crippen MR) is 87.5 cm³/mol. The maximum absolute atomic E-state index is 6.10. The molecule has 0 radical (unpaired) electrons. The van der Waals surface area contributed by atoms with Gasteiger partial charge in [0.25, 0.3) is 0 Å². The van der Waals surface area contributed by atoms with Crippen LogP contribution in [0.5, 0.6) is 11.5 Å². The molecule has 4 nitrogen and oxygen atoms in total. The Labute approximate surface area is 125 Å². The summed E-state index contributed by atoms with van der Waals surface area (Å²) >= 11 is 0. The fourth-order valence-electron chi connectivity index (χ4n) is 1.94. The van der Waals surface area contributed by atoms with E-state index < -0.39 is 0 Å². The van der Waals surface area contributed by atoms with E-state index in [1.54, 1.807) is 0 Å². The molecule has 0 saturated heterocycles. The van der Waals surface area contributed by atoms with Crippen LogP contribution in [0.25, 0.3) is 0 Å². The second-order valence-electron chi connectivity index (χ2n) is 4.65. The van der Waals surface area contributed by atoms with Crippen LogP contribution in [0.3, 0.4) is 0 Å². The van der Waals surface area contributed by atoms with Crippen molar-refractivity contribution in [3.8, 4) is 11.5 Å². The summed E-state index contributed by atoms with van der Waals surface area (Å²) in [5.41, 5.74) is 8.51. The van der Waals surface area contributed by atoms with Crippen LogP contribution in [0.2, 0.25) is 0 Å². The summed E-state index contributed by atoms with van der Waals surface area (Å²) in [5.74, 6) is 1.57. The largest absolute Gasteiger partial charge is 0.494 e. The lowest BCUT2D eigenvalue weighted by Crippen LogP contribution is -2.01. The van der Waals surface area contributed by atoms with Crippen molar-refractivity contribution in [2.45, 2.75) is 20.3 Å². The van der Waals surface area contributed by atoms with Gasteiger partial charge in [0.15, 0.2) is 0 Å². The van der Waals surface area contributed by atoms with Gasteiger partial charge in [-0.2, -0.15) is 0 Å². The number of nitrogens with one attached hydrogen (secondary N) is 1. The van der Waals surface area contributed by atoms with Gasteiger partial charge in [-0.25, -0.2) is 0 Å². The first kappa shape index (κ1) is 15.0. The first-order valence-corrected chi connectivity index (χ1v) is 7.25. The third kappa shape index (κ3) is 4.05. The van der Waals surface area contributed by atoms with Crippen LogP contribution < -0.4 is 20.5 Å². The molecule has 0 aromatic heterocycles. The molecule has 0 bridgehead atoms. The smallest absolute Gasteiger partial charge is 0.144 e. The van der Waals surface area contributed by atoms with E-state index in [1.807, 2.05) is 49.4 Å². The number of hydrogen-bond donors (Lipinski definition) is 2. The van der Waals surface area contributed by atoms with E-state index in [9.17, 15) is 0 Å². The minimum Gasteiger partial charge on any atom is -0.494 e. The number of benzene rings is 2. The second-order valence-corrected chi connectivity index (χ2v) is 4.65. The number of hydrogen-bond acceptors (Lipinski definition) is 4. The highest BCUT2D eigenvalue weighted by atomic mass is 16.5. The fraction of sp³-hybridized carbons (Fsp3) is 0.294. The molecule has 0 aliphatic heterocycles. The molecule has 0 atom stereocenters. The monoisotopic (exact) mass is 286 g/mol. The van der Waals surface area contributed by atoms with Gasteiger partial charge in [0.1, 0.15) is 11.5 Å². The lowest BCUT2D eigenvalue weighted by molar-refractivity contribution is 0.317. The summed E-state index contributed by atoms with van der Waals surface area (Å²) in [4.78, 5) is 0. The van der Waals surface area contributed by atoms with Crippen LogP contribution in [-0.4, -0.2) is 13.2 Å². The zero-order chi connectivity index (χ0) is 15.1. The normalized spacial score (nSPS) is 10.2. The van der Waals surface area contributed by atoms with Gasteiger partial charge >= 0.3 is 0 Å². The van der Waals surface area contributed by atoms with Gasteiger partial charge < -0.3 is 20.5 Å². The minimum atomic E-state index is 0.594. The Morgan fingerprint density at radius 3 is 2.43 bits per heavy atom. The molecule has 0 aliphatic rings. The summed E-state index contributed by atoms with van der Waals surface area (Å²) in [5, 5.41) is 3.29. The second kappa shape index (κ2) is 7.43. The zero-order valence-corrected chi connectivity index (χ0v) is 12.6. The number of nitrogens with two attached hydrogens (primary N) is 1. The van der Waals surface area contributed by atoms with Gasteiger partial charge in [0, 0.05) is 5.69 Å². The lowest BCUT2D eigenvalue weighted by Gasteiger charge is -2.13. The maximum Gasteiger partial charge on any atom is 0.144 e. The van der Waals surface area contributed by atoms with Crippen molar-refractivity contribution in [3.63, 3.8) is 0 Å². The third-order valence-electron chi connectivity index (χ3n) is 2.97. The minimum absolute atomic E-state index is 0.594. The topological polar surface area (TPSA) is 56.5 Å². The number of nitrogen functional groups attached to an aromatic ring is 1. The highest BCUT2D eigenvalue weighted by molar-refractivity contribution is 5.77. The van der Waals surface area contributed by atoms with E-state index in [4.69, 9.17) is 15.2 Å². The van der Waals surface area contributed by atoms with Gasteiger partial charge in [-0.3, -0.25) is 0 Å². The molecule has 2 aromatic rings. The Kier molecular flexibility index (Phi) is 5.32. The van der Waals surface area contributed by atoms with Crippen molar-refractivity contribution in [2.24, 2.45) is 0 Å². The van der Waals surface area contributed by atoms with E-state index >= 15 is 0 Å². The van der Waals surface area contributed by atoms with Gasteiger partial charge in [0.05, 0.1) is 24.6 Å². The number of para-hydroxylation sites is 1. The maximum atomic E-state index is 6.10. The summed E-state index contributed by atoms with van der Waals surface area (Å²) in [6, 6.07) is 13.5. The number of rotatable bonds is 7. The summed E-state index contributed by atoms with van der Waals surface area (Å²) < 4.78 is 11.1. The van der Waals surface area contributed by atoms with Crippen molar-refractivity contribution in [1.82, 2.24) is 0 Å². The molecule has 21 heavy (non-hydrogen) atoms. The Morgan fingerprint density at radius 2 is 1.76 bits per heavy atom. The lowest BCUT2D eigenvalue weighted by atomic mass is 10.2. The highest BCUT2D eigenvalue weighted by Gasteiger charge is 2.06. The quantitative estimate of drug-likeness (QED) is 0.749. The highest BCUT2D eigenvalue weighted by Crippen LogP contribution is 2.31. The summed E-state index contributed by atoms with van der Waals surface area (Å²) in [7, 11) is 0. The SMILES string of the molecule is CCCOc1ccc(Nc2cccc(OCC)c2N)cc1. The first-order chi connectivity index (χ1) is 10.2. The summed E-state index contributed by atoms with van der Waals surface area (Å²) in [6.45, 7) is 5.35. The van der Waals surface area contributed by atoms with Gasteiger partial charge in [0.2, 0.25) is 0 Å².